The van der Waals surface area contributed by atoms with Crippen molar-refractivity contribution in [3.05, 3.63) is 95.6 Å². The maximum absolute atomic E-state index is 10.1. The van der Waals surface area contributed by atoms with E-state index in [1.54, 1.807) is 18.2 Å². The number of nitrogens with zero attached hydrogens (tertiary/aromatic N) is 2. The van der Waals surface area contributed by atoms with Crippen molar-refractivity contribution in [2.24, 2.45) is 4.99 Å². The van der Waals surface area contributed by atoms with E-state index in [9.17, 15) is 5.11 Å². The third kappa shape index (κ3) is 3.52. The van der Waals surface area contributed by atoms with Gasteiger partial charge in [-0.15, -0.1) is 18.2 Å². The number of phenols is 1. The first kappa shape index (κ1) is 21.7. The smallest absolute Gasteiger partial charge is 0.217 e. The Morgan fingerprint density at radius 1 is 0.970 bits per heavy atom. The van der Waals surface area contributed by atoms with Crippen molar-refractivity contribution in [2.45, 2.75) is 31.4 Å². The molecule has 0 saturated heterocycles. The molecule has 6 heteroatoms. The summed E-state index contributed by atoms with van der Waals surface area (Å²) >= 11 is 0. The van der Waals surface area contributed by atoms with Gasteiger partial charge in [0.2, 0.25) is 5.88 Å². The number of ether oxygens (including phenoxy) is 2. The van der Waals surface area contributed by atoms with Crippen molar-refractivity contribution < 1.29 is 35.6 Å². The zero-order chi connectivity index (χ0) is 21.9. The van der Waals surface area contributed by atoms with Crippen molar-refractivity contribution in [3.8, 4) is 17.4 Å². The van der Waals surface area contributed by atoms with Crippen LogP contribution in [0.4, 0.5) is 0 Å². The van der Waals surface area contributed by atoms with Crippen molar-refractivity contribution >= 4 is 16.8 Å². The predicted octanol–water partition coefficient (Wildman–Crippen LogP) is 5.71. The van der Waals surface area contributed by atoms with Gasteiger partial charge in [0.15, 0.2) is 0 Å². The van der Waals surface area contributed by atoms with E-state index in [0.717, 1.165) is 10.9 Å². The molecule has 1 aromatic heterocycles. The van der Waals surface area contributed by atoms with Crippen LogP contribution in [0.1, 0.15) is 36.6 Å². The van der Waals surface area contributed by atoms with E-state index >= 15 is 0 Å². The second-order valence-corrected chi connectivity index (χ2v) is 8.76. The van der Waals surface area contributed by atoms with E-state index in [4.69, 9.17) is 14.5 Å². The first-order valence-electron chi connectivity index (χ1n) is 10.6. The Hall–Kier alpha value is -3.17. The molecule has 6 rings (SSSR count). The summed E-state index contributed by atoms with van der Waals surface area (Å²) in [5.41, 5.74) is 3.64. The first-order chi connectivity index (χ1) is 15.5. The molecule has 0 spiro atoms. The van der Waals surface area contributed by atoms with E-state index in [1.165, 1.54) is 11.1 Å². The molecule has 5 nitrogen and oxygen atoms in total. The van der Waals surface area contributed by atoms with E-state index in [-0.39, 0.29) is 44.4 Å². The topological polar surface area (TPSA) is 63.9 Å². The summed E-state index contributed by atoms with van der Waals surface area (Å²) in [6, 6.07) is 26.2. The van der Waals surface area contributed by atoms with Crippen LogP contribution in [0.25, 0.3) is 10.9 Å². The SMILES string of the molecule is CC1(C)c2ccccc2[C@@H]2N=C(c3[c-]c(Oc4ccc5cccc(O)c5n4)ccc3)O[C@@H]21.[Pt]. The molecule has 0 fully saturated rings. The molecule has 0 amide bonds. The zero-order valence-corrected chi connectivity index (χ0v) is 20.3. The number of hydrogen-bond acceptors (Lipinski definition) is 5. The van der Waals surface area contributed by atoms with Crippen LogP contribution in [0.15, 0.2) is 77.8 Å². The van der Waals surface area contributed by atoms with Gasteiger partial charge in [-0.1, -0.05) is 61.9 Å². The Bertz CT molecular complexity index is 1400. The van der Waals surface area contributed by atoms with E-state index < -0.39 is 0 Å². The number of para-hydroxylation sites is 1. The molecule has 1 N–H and O–H groups in total. The average molecular weight is 617 g/mol. The molecule has 1 aliphatic heterocycles. The summed E-state index contributed by atoms with van der Waals surface area (Å²) in [6.45, 7) is 4.41. The van der Waals surface area contributed by atoms with Gasteiger partial charge in [-0.2, -0.15) is 0 Å². The van der Waals surface area contributed by atoms with Gasteiger partial charge in [0.05, 0.1) is 0 Å². The maximum Gasteiger partial charge on any atom is 0.217 e. The van der Waals surface area contributed by atoms with Gasteiger partial charge in [-0.3, -0.25) is 4.99 Å². The molecule has 0 bridgehead atoms. The number of benzene rings is 3. The minimum Gasteiger partial charge on any atom is -0.513 e. The molecule has 0 saturated carbocycles. The quantitative estimate of drug-likeness (QED) is 0.300. The fourth-order valence-electron chi connectivity index (χ4n) is 4.73. The summed E-state index contributed by atoms with van der Waals surface area (Å²) in [5, 5.41) is 10.9. The summed E-state index contributed by atoms with van der Waals surface area (Å²) in [7, 11) is 0. The van der Waals surface area contributed by atoms with E-state index in [2.05, 4.69) is 49.2 Å². The molecule has 2 atom stereocenters. The molecule has 1 aliphatic carbocycles. The molecule has 0 unspecified atom stereocenters. The molecular formula is C27H21N2O3Pt-. The monoisotopic (exact) mass is 616 g/mol. The van der Waals surface area contributed by atoms with Crippen LogP contribution in [0.2, 0.25) is 0 Å². The number of pyridine rings is 1. The van der Waals surface area contributed by atoms with Gasteiger partial charge >= 0.3 is 0 Å². The third-order valence-corrected chi connectivity index (χ3v) is 6.35. The van der Waals surface area contributed by atoms with Gasteiger partial charge in [0, 0.05) is 43.7 Å². The second-order valence-electron chi connectivity index (χ2n) is 8.76. The van der Waals surface area contributed by atoms with Crippen LogP contribution in [-0.4, -0.2) is 22.1 Å². The van der Waals surface area contributed by atoms with Gasteiger partial charge in [0.1, 0.15) is 29.3 Å². The fraction of sp³-hybridized carbons (Fsp3) is 0.185. The van der Waals surface area contributed by atoms with Crippen molar-refractivity contribution in [1.29, 1.82) is 0 Å². The molecule has 2 heterocycles. The Kier molecular flexibility index (Phi) is 5.25. The normalized spacial score (nSPS) is 19.8. The predicted molar refractivity (Wildman–Crippen MR) is 122 cm³/mol. The van der Waals surface area contributed by atoms with Crippen molar-refractivity contribution in [2.75, 3.05) is 0 Å². The number of hydrogen-bond donors (Lipinski definition) is 1. The molecule has 168 valence electrons. The van der Waals surface area contributed by atoms with Crippen LogP contribution in [-0.2, 0) is 31.2 Å². The summed E-state index contributed by atoms with van der Waals surface area (Å²) in [4.78, 5) is 9.35. The minimum atomic E-state index is -0.127. The second kappa shape index (κ2) is 8.00. The van der Waals surface area contributed by atoms with Gasteiger partial charge < -0.3 is 14.6 Å². The van der Waals surface area contributed by atoms with E-state index in [1.807, 2.05) is 30.3 Å². The van der Waals surface area contributed by atoms with Crippen LogP contribution in [0, 0.1) is 6.07 Å². The third-order valence-electron chi connectivity index (χ3n) is 6.35. The molecular weight excluding hydrogens is 595 g/mol. The first-order valence-corrected chi connectivity index (χ1v) is 10.6. The molecule has 2 aliphatic rings. The Labute approximate surface area is 206 Å². The van der Waals surface area contributed by atoms with Crippen LogP contribution in [0.3, 0.4) is 0 Å². The minimum absolute atomic E-state index is 0. The number of aliphatic imine (C=N–C) groups is 1. The summed E-state index contributed by atoms with van der Waals surface area (Å²) < 4.78 is 12.3. The standard InChI is InChI=1S/C27H21N2O3.Pt/c1-27(2)20-11-4-3-10-19(20)24-25(27)32-26(29-24)17-8-5-9-18(15-17)31-22-14-13-16-7-6-12-21(30)23(16)28-22;/h3-14,24-25,30H,1-2H3;/q-1;/t24-,25-;/m0./s1. The van der Waals surface area contributed by atoms with Crippen LogP contribution < -0.4 is 4.74 Å². The Balaban J connectivity index is 0.00000228. The van der Waals surface area contributed by atoms with Gasteiger partial charge in [-0.25, -0.2) is 4.98 Å². The Morgan fingerprint density at radius 2 is 1.79 bits per heavy atom. The van der Waals surface area contributed by atoms with Gasteiger partial charge in [0.25, 0.3) is 0 Å². The van der Waals surface area contributed by atoms with Crippen LogP contribution >= 0.6 is 0 Å². The van der Waals surface area contributed by atoms with Gasteiger partial charge in [-0.05, 0) is 23.3 Å². The number of aromatic nitrogens is 1. The number of rotatable bonds is 3. The number of phenolic OH excluding ortho intramolecular Hbond substituents is 1. The molecule has 33 heavy (non-hydrogen) atoms. The Morgan fingerprint density at radius 3 is 2.67 bits per heavy atom. The molecule has 0 radical (unpaired) electrons. The molecule has 4 aromatic rings. The number of aromatic hydroxyl groups is 1. The largest absolute Gasteiger partial charge is 0.513 e. The maximum atomic E-state index is 10.1. The molecule has 3 aromatic carbocycles. The fourth-order valence-corrected chi connectivity index (χ4v) is 4.73. The van der Waals surface area contributed by atoms with Crippen LogP contribution in [0.5, 0.6) is 17.4 Å². The summed E-state index contributed by atoms with van der Waals surface area (Å²) in [6.07, 6.45) is -0.0435. The number of fused-ring (bicyclic) bond motifs is 4. The van der Waals surface area contributed by atoms with Crippen molar-refractivity contribution in [1.82, 2.24) is 4.98 Å². The van der Waals surface area contributed by atoms with Crippen molar-refractivity contribution in [3.63, 3.8) is 0 Å². The average Bonchev–Trinajstić information content (AvgIpc) is 3.34. The van der Waals surface area contributed by atoms with E-state index in [0.29, 0.717) is 23.0 Å². The zero-order valence-electron chi connectivity index (χ0n) is 18.1. The summed E-state index contributed by atoms with van der Waals surface area (Å²) in [5.74, 6) is 1.59.